The fourth-order valence-corrected chi connectivity index (χ4v) is 3.66. The number of ether oxygens (including phenoxy) is 1. The number of rotatable bonds is 8. The molecule has 2 amide bonds. The number of aliphatic hydroxyl groups excluding tert-OH is 1. The number of amides is 2. The third-order valence-electron chi connectivity index (χ3n) is 5.14. The Labute approximate surface area is 194 Å². The highest BCUT2D eigenvalue weighted by molar-refractivity contribution is 6.31. The summed E-state index contributed by atoms with van der Waals surface area (Å²) in [4.78, 5) is 39.4. The van der Waals surface area contributed by atoms with E-state index >= 15 is 0 Å². The second-order valence-corrected chi connectivity index (χ2v) is 8.25. The quantitative estimate of drug-likeness (QED) is 0.496. The molecule has 1 aromatic heterocycles. The molecule has 3 rings (SSSR count). The summed E-state index contributed by atoms with van der Waals surface area (Å²) in [5.41, 5.74) is -1.64. The predicted molar refractivity (Wildman–Crippen MR) is 118 cm³/mol. The van der Waals surface area contributed by atoms with Gasteiger partial charge in [0.25, 0.3) is 11.8 Å². The lowest BCUT2D eigenvalue weighted by atomic mass is 10.1. The minimum atomic E-state index is -1.28. The first-order valence-electron chi connectivity index (χ1n) is 10.4. The number of pyridine rings is 1. The second kappa shape index (κ2) is 10.3. The van der Waals surface area contributed by atoms with E-state index < -0.39 is 46.3 Å². The van der Waals surface area contributed by atoms with Crippen LogP contribution >= 0.6 is 11.6 Å². The van der Waals surface area contributed by atoms with E-state index in [1.807, 2.05) is 13.8 Å². The molecule has 0 spiro atoms. The summed E-state index contributed by atoms with van der Waals surface area (Å²) in [5.74, 6) is -3.10. The fraction of sp³-hybridized carbons (Fsp3) is 0.409. The molecular formula is C22H25ClFN3O6. The van der Waals surface area contributed by atoms with Crippen LogP contribution in [0.2, 0.25) is 5.02 Å². The lowest BCUT2D eigenvalue weighted by Crippen LogP contribution is -2.45. The van der Waals surface area contributed by atoms with Crippen molar-refractivity contribution in [2.45, 2.75) is 39.1 Å². The van der Waals surface area contributed by atoms with Crippen molar-refractivity contribution in [3.63, 3.8) is 0 Å². The zero-order valence-corrected chi connectivity index (χ0v) is 18.9. The molecule has 0 fully saturated rings. The summed E-state index contributed by atoms with van der Waals surface area (Å²) in [5, 5.41) is 23.2. The average Bonchev–Trinajstić information content (AvgIpc) is 2.76. The van der Waals surface area contributed by atoms with Gasteiger partial charge in [0.05, 0.1) is 17.7 Å². The molecule has 9 nitrogen and oxygen atoms in total. The molecule has 1 unspecified atom stereocenters. The van der Waals surface area contributed by atoms with Crippen molar-refractivity contribution in [3.05, 3.63) is 62.3 Å². The second-order valence-electron chi connectivity index (χ2n) is 7.88. The molecule has 11 heteroatoms. The highest BCUT2D eigenvalue weighted by Gasteiger charge is 2.34. The van der Waals surface area contributed by atoms with Gasteiger partial charge in [-0.25, -0.2) is 4.39 Å². The number of β-amino-alcohol motifs (C(OH)–C–C–N with tert-alkyl or cyclic N) is 1. The first-order chi connectivity index (χ1) is 15.6. The largest absolute Gasteiger partial charge is 0.503 e. The molecule has 2 heterocycles. The zero-order valence-electron chi connectivity index (χ0n) is 18.2. The number of benzene rings is 1. The van der Waals surface area contributed by atoms with Gasteiger partial charge in [-0.3, -0.25) is 14.4 Å². The minimum absolute atomic E-state index is 0.0394. The third kappa shape index (κ3) is 5.35. The number of hydrogen-bond donors (Lipinski definition) is 3. The van der Waals surface area contributed by atoms with Gasteiger partial charge in [-0.2, -0.15) is 0 Å². The van der Waals surface area contributed by atoms with Crippen molar-refractivity contribution in [2.24, 2.45) is 0 Å². The van der Waals surface area contributed by atoms with E-state index in [1.165, 1.54) is 23.1 Å². The zero-order chi connectivity index (χ0) is 24.3. The van der Waals surface area contributed by atoms with Gasteiger partial charge in [-0.1, -0.05) is 23.7 Å². The number of aliphatic hydroxyl groups is 1. The van der Waals surface area contributed by atoms with Gasteiger partial charge in [0.15, 0.2) is 11.4 Å². The summed E-state index contributed by atoms with van der Waals surface area (Å²) in [6, 6.07) is 4.09. The van der Waals surface area contributed by atoms with E-state index in [0.717, 1.165) is 10.8 Å². The highest BCUT2D eigenvalue weighted by Crippen LogP contribution is 2.25. The number of nitrogens with zero attached hydrogens (tertiary/aromatic N) is 2. The SMILES string of the molecule is CC(C)OCCCN1CC(O)n2cc(C(=O)NCc3cccc(F)c3Cl)c(=O)c(O)c2C1=O. The van der Waals surface area contributed by atoms with Gasteiger partial charge >= 0.3 is 0 Å². The van der Waals surface area contributed by atoms with Crippen LogP contribution in [-0.2, 0) is 11.3 Å². The summed E-state index contributed by atoms with van der Waals surface area (Å²) >= 11 is 5.87. The van der Waals surface area contributed by atoms with Crippen LogP contribution in [0.25, 0.3) is 0 Å². The Morgan fingerprint density at radius 3 is 2.79 bits per heavy atom. The van der Waals surface area contributed by atoms with Crippen LogP contribution in [0.15, 0.2) is 29.2 Å². The Hall–Kier alpha value is -2.95. The van der Waals surface area contributed by atoms with Crippen molar-refractivity contribution < 1.29 is 28.9 Å². The van der Waals surface area contributed by atoms with E-state index in [0.29, 0.717) is 18.6 Å². The maximum atomic E-state index is 13.6. The van der Waals surface area contributed by atoms with Gasteiger partial charge in [0, 0.05) is 25.9 Å². The van der Waals surface area contributed by atoms with Crippen molar-refractivity contribution in [3.8, 4) is 5.75 Å². The number of carbonyl (C=O) groups excluding carboxylic acids is 2. The van der Waals surface area contributed by atoms with Crippen LogP contribution in [0.4, 0.5) is 4.39 Å². The molecule has 33 heavy (non-hydrogen) atoms. The van der Waals surface area contributed by atoms with Gasteiger partial charge in [0.2, 0.25) is 5.43 Å². The van der Waals surface area contributed by atoms with Gasteiger partial charge in [0.1, 0.15) is 17.6 Å². The molecule has 0 radical (unpaired) electrons. The first kappa shape index (κ1) is 24.7. The molecule has 1 aromatic carbocycles. The molecule has 0 saturated heterocycles. The van der Waals surface area contributed by atoms with Crippen LogP contribution < -0.4 is 10.7 Å². The van der Waals surface area contributed by atoms with Crippen LogP contribution in [0.3, 0.4) is 0 Å². The Bertz CT molecular complexity index is 1120. The van der Waals surface area contributed by atoms with Gasteiger partial charge in [-0.05, 0) is 31.9 Å². The Morgan fingerprint density at radius 2 is 2.09 bits per heavy atom. The van der Waals surface area contributed by atoms with Crippen molar-refractivity contribution >= 4 is 23.4 Å². The smallest absolute Gasteiger partial charge is 0.274 e. The molecule has 1 aliphatic heterocycles. The van der Waals surface area contributed by atoms with Crippen LogP contribution in [0.1, 0.15) is 52.9 Å². The normalized spacial score (nSPS) is 15.6. The fourth-order valence-electron chi connectivity index (χ4n) is 3.47. The van der Waals surface area contributed by atoms with Crippen LogP contribution in [-0.4, -0.2) is 57.3 Å². The maximum Gasteiger partial charge on any atom is 0.274 e. The number of hydrogen-bond acceptors (Lipinski definition) is 6. The molecule has 1 atom stereocenters. The van der Waals surface area contributed by atoms with E-state index in [-0.39, 0.29) is 30.8 Å². The van der Waals surface area contributed by atoms with Crippen molar-refractivity contribution in [1.29, 1.82) is 0 Å². The van der Waals surface area contributed by atoms with E-state index in [4.69, 9.17) is 16.3 Å². The van der Waals surface area contributed by atoms with Crippen molar-refractivity contribution in [2.75, 3.05) is 19.7 Å². The van der Waals surface area contributed by atoms with E-state index in [2.05, 4.69) is 5.32 Å². The summed E-state index contributed by atoms with van der Waals surface area (Å²) in [6.45, 7) is 4.17. The molecule has 0 bridgehead atoms. The van der Waals surface area contributed by atoms with E-state index in [9.17, 15) is 29.0 Å². The number of carbonyl (C=O) groups is 2. The standard InChI is InChI=1S/C22H25ClFN3O6/c1-12(2)33-8-4-7-26-11-16(28)27-10-14(19(29)20(30)18(27)22(26)32)21(31)25-9-13-5-3-6-15(24)17(13)23/h3,5-6,10,12,16,28,30H,4,7-9,11H2,1-2H3,(H,25,31). The Balaban J connectivity index is 1.80. The molecule has 2 aromatic rings. The number of fused-ring (bicyclic) bond motifs is 1. The number of aromatic hydroxyl groups is 1. The highest BCUT2D eigenvalue weighted by atomic mass is 35.5. The first-order valence-corrected chi connectivity index (χ1v) is 10.8. The predicted octanol–water partition coefficient (Wildman–Crippen LogP) is 2.04. The average molecular weight is 482 g/mol. The summed E-state index contributed by atoms with van der Waals surface area (Å²) < 4.78 is 20.0. The van der Waals surface area contributed by atoms with Gasteiger partial charge < -0.3 is 29.7 Å². The molecular weight excluding hydrogens is 457 g/mol. The topological polar surface area (TPSA) is 121 Å². The monoisotopic (exact) mass is 481 g/mol. The van der Waals surface area contributed by atoms with Crippen LogP contribution in [0, 0.1) is 5.82 Å². The minimum Gasteiger partial charge on any atom is -0.503 e. The lowest BCUT2D eigenvalue weighted by molar-refractivity contribution is 0.0189. The van der Waals surface area contributed by atoms with Gasteiger partial charge in [-0.15, -0.1) is 0 Å². The Morgan fingerprint density at radius 1 is 1.36 bits per heavy atom. The molecule has 3 N–H and O–H groups in total. The number of nitrogens with one attached hydrogen (secondary N) is 1. The summed E-state index contributed by atoms with van der Waals surface area (Å²) in [7, 11) is 0. The third-order valence-corrected chi connectivity index (χ3v) is 5.57. The Kier molecular flexibility index (Phi) is 7.72. The van der Waals surface area contributed by atoms with Crippen LogP contribution in [0.5, 0.6) is 5.75 Å². The van der Waals surface area contributed by atoms with Crippen molar-refractivity contribution in [1.82, 2.24) is 14.8 Å². The molecule has 178 valence electrons. The number of aromatic nitrogens is 1. The molecule has 0 saturated carbocycles. The number of halogens is 2. The maximum absolute atomic E-state index is 13.6. The molecule has 0 aliphatic carbocycles. The summed E-state index contributed by atoms with van der Waals surface area (Å²) in [6.07, 6.45) is 0.295. The van der Waals surface area contributed by atoms with E-state index in [1.54, 1.807) is 0 Å². The lowest BCUT2D eigenvalue weighted by Gasteiger charge is -2.34. The molecule has 1 aliphatic rings.